The first-order chi connectivity index (χ1) is 10.6. The second-order valence-corrected chi connectivity index (χ2v) is 6.96. The summed E-state index contributed by atoms with van der Waals surface area (Å²) in [7, 11) is 0. The minimum absolute atomic E-state index is 0.120. The smallest absolute Gasteiger partial charge is 0.195 e. The van der Waals surface area contributed by atoms with E-state index in [1.807, 2.05) is 40.2 Å². The summed E-state index contributed by atoms with van der Waals surface area (Å²) in [4.78, 5) is 6.56. The van der Waals surface area contributed by atoms with Crippen molar-refractivity contribution in [3.63, 3.8) is 0 Å². The Morgan fingerprint density at radius 2 is 2.23 bits per heavy atom. The zero-order valence-corrected chi connectivity index (χ0v) is 14.3. The number of aromatic nitrogens is 2. The van der Waals surface area contributed by atoms with Crippen molar-refractivity contribution in [3.8, 4) is 0 Å². The Kier molecular flexibility index (Phi) is 4.63. The van der Waals surface area contributed by atoms with E-state index in [1.54, 1.807) is 29.3 Å². The highest BCUT2D eigenvalue weighted by atomic mass is 35.5. The number of hydrazone groups is 1. The average molecular weight is 368 g/mol. The number of hydrogen-bond acceptors (Lipinski definition) is 5. The number of hydrogen-bond donors (Lipinski definition) is 2. The van der Waals surface area contributed by atoms with Crippen LogP contribution < -0.4 is 11.2 Å². The van der Waals surface area contributed by atoms with Crippen molar-refractivity contribution in [2.75, 3.05) is 0 Å². The van der Waals surface area contributed by atoms with Gasteiger partial charge in [0.2, 0.25) is 0 Å². The largest absolute Gasteiger partial charge is 0.375 e. The first kappa shape index (κ1) is 15.3. The lowest BCUT2D eigenvalue weighted by atomic mass is 10.4. The maximum absolute atomic E-state index is 5.91. The minimum Gasteiger partial charge on any atom is -0.375 e. The summed E-state index contributed by atoms with van der Waals surface area (Å²) in [5, 5.41) is 7.67. The minimum atomic E-state index is 0.120. The molecule has 112 valence electrons. The Balaban J connectivity index is 1.94. The van der Waals surface area contributed by atoms with Gasteiger partial charge >= 0.3 is 0 Å². The summed E-state index contributed by atoms with van der Waals surface area (Å²) >= 11 is 13.7. The lowest BCUT2D eigenvalue weighted by Crippen LogP contribution is -2.24. The number of imidazole rings is 1. The molecule has 5 nitrogen and oxygen atoms in total. The third kappa shape index (κ3) is 3.41. The lowest BCUT2D eigenvalue weighted by Gasteiger charge is -2.00. The fourth-order valence-corrected chi connectivity index (χ4v) is 3.59. The molecular weight excluding hydrogens is 358 g/mol. The number of nitrogens with one attached hydrogen (secondary N) is 1. The number of benzene rings is 1. The van der Waals surface area contributed by atoms with E-state index in [4.69, 9.17) is 29.6 Å². The van der Waals surface area contributed by atoms with Gasteiger partial charge in [-0.05, 0) is 36.5 Å². The predicted octanol–water partition coefficient (Wildman–Crippen LogP) is 3.37. The van der Waals surface area contributed by atoms with Gasteiger partial charge in [-0.3, -0.25) is 9.83 Å². The highest BCUT2D eigenvalue weighted by Gasteiger charge is 2.13. The molecule has 0 aliphatic heterocycles. The fourth-order valence-electron chi connectivity index (χ4n) is 1.75. The summed E-state index contributed by atoms with van der Waals surface area (Å²) in [5.41, 5.74) is 8.78. The number of nitrogens with two attached hydrogens (primary N) is 1. The van der Waals surface area contributed by atoms with Crippen LogP contribution in [0.3, 0.4) is 0 Å². The average Bonchev–Trinajstić information content (AvgIpc) is 3.04. The maximum atomic E-state index is 5.91. The molecular formula is C13H10ClN5S3. The highest BCUT2D eigenvalue weighted by Crippen LogP contribution is 2.31. The van der Waals surface area contributed by atoms with E-state index in [1.165, 1.54) is 0 Å². The summed E-state index contributed by atoms with van der Waals surface area (Å²) in [5.74, 6) is 0. The van der Waals surface area contributed by atoms with Crippen LogP contribution in [0.15, 0.2) is 50.9 Å². The van der Waals surface area contributed by atoms with E-state index in [0.717, 1.165) is 20.6 Å². The molecule has 0 saturated carbocycles. The Bertz CT molecular complexity index is 837. The normalized spacial score (nSPS) is 11.3. The molecule has 1 aromatic carbocycles. The quantitative estimate of drug-likeness (QED) is 0.420. The van der Waals surface area contributed by atoms with Crippen LogP contribution in [0.25, 0.3) is 4.96 Å². The van der Waals surface area contributed by atoms with Crippen molar-refractivity contribution in [2.24, 2.45) is 10.8 Å². The van der Waals surface area contributed by atoms with E-state index in [9.17, 15) is 0 Å². The molecule has 0 aliphatic rings. The van der Waals surface area contributed by atoms with Crippen LogP contribution >= 0.6 is 46.9 Å². The summed E-state index contributed by atoms with van der Waals surface area (Å²) in [6, 6.07) is 7.61. The molecule has 2 aromatic heterocycles. The molecule has 0 radical (unpaired) electrons. The predicted molar refractivity (Wildman–Crippen MR) is 96.2 cm³/mol. The number of nitrogens with zero attached hydrogens (tertiary/aromatic N) is 3. The van der Waals surface area contributed by atoms with Gasteiger partial charge < -0.3 is 5.73 Å². The summed E-state index contributed by atoms with van der Waals surface area (Å²) in [6.45, 7) is 0. The number of thiazole rings is 1. The molecule has 0 amide bonds. The summed E-state index contributed by atoms with van der Waals surface area (Å²) < 4.78 is 1.97. The van der Waals surface area contributed by atoms with E-state index in [-0.39, 0.29) is 5.11 Å². The van der Waals surface area contributed by atoms with E-state index in [2.05, 4.69) is 15.5 Å². The monoisotopic (exact) mass is 367 g/mol. The number of thiocarbonyl (C=S) groups is 1. The van der Waals surface area contributed by atoms with Gasteiger partial charge in [0.25, 0.3) is 0 Å². The third-order valence-electron chi connectivity index (χ3n) is 2.66. The van der Waals surface area contributed by atoms with Gasteiger partial charge in [-0.1, -0.05) is 23.4 Å². The van der Waals surface area contributed by atoms with Crippen molar-refractivity contribution in [1.29, 1.82) is 0 Å². The molecule has 0 atom stereocenters. The first-order valence-corrected chi connectivity index (χ1v) is 8.59. The van der Waals surface area contributed by atoms with Crippen LogP contribution in [0.5, 0.6) is 0 Å². The Hall–Kier alpha value is -1.61. The Morgan fingerprint density at radius 1 is 1.45 bits per heavy atom. The van der Waals surface area contributed by atoms with Gasteiger partial charge in [-0.15, -0.1) is 11.3 Å². The molecule has 3 rings (SSSR count). The van der Waals surface area contributed by atoms with Crippen molar-refractivity contribution in [1.82, 2.24) is 14.8 Å². The molecule has 3 N–H and O–H groups in total. The Morgan fingerprint density at radius 3 is 2.95 bits per heavy atom. The molecule has 3 aromatic rings. The number of rotatable bonds is 4. The molecule has 9 heteroatoms. The first-order valence-electron chi connectivity index (χ1n) is 6.11. The van der Waals surface area contributed by atoms with Crippen LogP contribution in [0.1, 0.15) is 5.69 Å². The molecule has 0 fully saturated rings. The zero-order chi connectivity index (χ0) is 15.5. The van der Waals surface area contributed by atoms with Crippen molar-refractivity contribution in [3.05, 3.63) is 46.6 Å². The zero-order valence-electron chi connectivity index (χ0n) is 11.1. The molecule has 0 spiro atoms. The molecule has 22 heavy (non-hydrogen) atoms. The molecule has 2 heterocycles. The van der Waals surface area contributed by atoms with Crippen molar-refractivity contribution >= 4 is 63.2 Å². The molecule has 0 saturated heterocycles. The van der Waals surface area contributed by atoms with Crippen LogP contribution in [0.4, 0.5) is 0 Å². The van der Waals surface area contributed by atoms with Gasteiger partial charge in [0.15, 0.2) is 10.1 Å². The van der Waals surface area contributed by atoms with Crippen LogP contribution in [0.2, 0.25) is 5.02 Å². The van der Waals surface area contributed by atoms with Crippen molar-refractivity contribution in [2.45, 2.75) is 9.92 Å². The third-order valence-corrected chi connectivity index (χ3v) is 4.76. The van der Waals surface area contributed by atoms with E-state index < -0.39 is 0 Å². The summed E-state index contributed by atoms with van der Waals surface area (Å²) in [6.07, 6.45) is 3.60. The second-order valence-electron chi connectivity index (χ2n) is 4.15. The fraction of sp³-hybridized carbons (Fsp3) is 0. The van der Waals surface area contributed by atoms with Crippen LogP contribution in [-0.2, 0) is 0 Å². The van der Waals surface area contributed by atoms with Gasteiger partial charge in [-0.25, -0.2) is 4.98 Å². The van der Waals surface area contributed by atoms with Crippen molar-refractivity contribution < 1.29 is 0 Å². The van der Waals surface area contributed by atoms with Crippen LogP contribution in [-0.4, -0.2) is 20.7 Å². The number of fused-ring (bicyclic) bond motifs is 1. The molecule has 0 aliphatic carbocycles. The highest BCUT2D eigenvalue weighted by molar-refractivity contribution is 7.99. The Labute approximate surface area is 145 Å². The van der Waals surface area contributed by atoms with Gasteiger partial charge in [-0.2, -0.15) is 5.10 Å². The molecule has 0 unspecified atom stereocenters. The maximum Gasteiger partial charge on any atom is 0.195 e. The lowest BCUT2D eigenvalue weighted by molar-refractivity contribution is 1.03. The van der Waals surface area contributed by atoms with Gasteiger partial charge in [0, 0.05) is 21.5 Å². The van der Waals surface area contributed by atoms with Gasteiger partial charge in [0.05, 0.1) is 6.21 Å². The van der Waals surface area contributed by atoms with E-state index >= 15 is 0 Å². The second kappa shape index (κ2) is 6.66. The standard InChI is InChI=1S/C13H10ClN5S3/c14-8-1-3-9(4-2-8)22-11-10(7-16-18-12(15)20)19-5-6-21-13(19)17-11/h1-7H,(H3,15,18,20)/b16-7+. The molecule has 0 bridgehead atoms. The van der Waals surface area contributed by atoms with E-state index in [0.29, 0.717) is 5.02 Å². The van der Waals surface area contributed by atoms with Gasteiger partial charge in [0.1, 0.15) is 10.7 Å². The number of halogens is 1. The van der Waals surface area contributed by atoms with Crippen LogP contribution in [0, 0.1) is 0 Å². The SMILES string of the molecule is NC(=S)N/N=C/c1c(Sc2ccc(Cl)cc2)nc2sccn12. The topological polar surface area (TPSA) is 67.7 Å².